The van der Waals surface area contributed by atoms with Gasteiger partial charge in [0.05, 0.1) is 0 Å². The highest BCUT2D eigenvalue weighted by Gasteiger charge is 2.03. The summed E-state index contributed by atoms with van der Waals surface area (Å²) in [5, 5.41) is 1.89. The fourth-order valence-corrected chi connectivity index (χ4v) is 1.62. The first-order chi connectivity index (χ1) is 7.26. The molecule has 2 aromatic rings. The van der Waals surface area contributed by atoms with Crippen LogP contribution in [0.25, 0.3) is 10.8 Å². The molecule has 2 rings (SSSR count). The zero-order chi connectivity index (χ0) is 10.8. The fourth-order valence-electron chi connectivity index (χ4n) is 1.62. The summed E-state index contributed by atoms with van der Waals surface area (Å²) in [6.07, 6.45) is 10.8. The van der Waals surface area contributed by atoms with E-state index in [1.807, 2.05) is 24.3 Å². The molecule has 2 N–H and O–H groups in total. The van der Waals surface area contributed by atoms with Gasteiger partial charge in [-0.3, -0.25) is 0 Å². The van der Waals surface area contributed by atoms with Gasteiger partial charge in [0.15, 0.2) is 0 Å². The first-order valence-corrected chi connectivity index (χ1v) is 4.51. The average Bonchev–Trinajstić information content (AvgIpc) is 2.28. The van der Waals surface area contributed by atoms with Crippen LogP contribution < -0.4 is 5.73 Å². The minimum Gasteiger partial charge on any atom is -0.398 e. The van der Waals surface area contributed by atoms with Crippen molar-refractivity contribution in [2.75, 3.05) is 5.73 Å². The Hall–Kier alpha value is -2.38. The predicted molar refractivity (Wildman–Crippen MR) is 64.2 cm³/mol. The van der Waals surface area contributed by atoms with Crippen molar-refractivity contribution in [2.24, 2.45) is 0 Å². The van der Waals surface area contributed by atoms with Crippen molar-refractivity contribution in [3.05, 3.63) is 41.5 Å². The number of rotatable bonds is 0. The topological polar surface area (TPSA) is 26.0 Å². The maximum atomic E-state index is 5.89. The van der Waals surface area contributed by atoms with Crippen LogP contribution in [-0.2, 0) is 0 Å². The lowest BCUT2D eigenvalue weighted by Crippen LogP contribution is -1.90. The number of terminal acetylenes is 2. The lowest BCUT2D eigenvalue weighted by Gasteiger charge is -2.05. The molecule has 15 heavy (non-hydrogen) atoms. The molecule has 0 atom stereocenters. The molecule has 2 aromatic carbocycles. The van der Waals surface area contributed by atoms with Crippen molar-refractivity contribution >= 4 is 16.5 Å². The molecule has 0 aliphatic carbocycles. The molecule has 0 aliphatic rings. The van der Waals surface area contributed by atoms with E-state index >= 15 is 0 Å². The molecule has 0 saturated heterocycles. The summed E-state index contributed by atoms with van der Waals surface area (Å²) in [4.78, 5) is 0. The smallest absolute Gasteiger partial charge is 0.0406 e. The molecule has 0 bridgehead atoms. The van der Waals surface area contributed by atoms with Crippen LogP contribution >= 0.6 is 0 Å². The summed E-state index contributed by atoms with van der Waals surface area (Å²) in [6.45, 7) is 0. The van der Waals surface area contributed by atoms with E-state index in [2.05, 4.69) is 11.8 Å². The first-order valence-electron chi connectivity index (χ1n) is 4.51. The Kier molecular flexibility index (Phi) is 2.08. The second-order valence-corrected chi connectivity index (χ2v) is 3.25. The Bertz CT molecular complexity index is 609. The highest BCUT2D eigenvalue weighted by molar-refractivity contribution is 5.97. The third kappa shape index (κ3) is 1.41. The van der Waals surface area contributed by atoms with Gasteiger partial charge in [0.2, 0.25) is 0 Å². The Balaban J connectivity index is 2.95. The van der Waals surface area contributed by atoms with E-state index in [4.69, 9.17) is 18.6 Å². The Morgan fingerprint density at radius 2 is 1.80 bits per heavy atom. The van der Waals surface area contributed by atoms with Crippen molar-refractivity contribution in [3.63, 3.8) is 0 Å². The standard InChI is InChI=1S/C14H9N/c1-3-10-8-13-11(4-2)6-5-7-12(13)14(15)9-10/h1-2,5-9H,15H2. The van der Waals surface area contributed by atoms with E-state index in [1.165, 1.54) is 0 Å². The molecule has 0 fully saturated rings. The number of nitrogens with two attached hydrogens (primary N) is 1. The number of nitrogen functional groups attached to an aromatic ring is 1. The highest BCUT2D eigenvalue weighted by Crippen LogP contribution is 2.25. The predicted octanol–water partition coefficient (Wildman–Crippen LogP) is 2.38. The highest BCUT2D eigenvalue weighted by atomic mass is 14.5. The minimum absolute atomic E-state index is 0.664. The van der Waals surface area contributed by atoms with Crippen LogP contribution in [0.15, 0.2) is 30.3 Å². The second kappa shape index (κ2) is 3.40. The monoisotopic (exact) mass is 191 g/mol. The number of hydrogen-bond acceptors (Lipinski definition) is 1. The molecular formula is C14H9N. The Labute approximate surface area is 88.9 Å². The van der Waals surface area contributed by atoms with Gasteiger partial charge in [-0.05, 0) is 18.2 Å². The molecule has 0 unspecified atom stereocenters. The fraction of sp³-hybridized carbons (Fsp3) is 0. The van der Waals surface area contributed by atoms with Gasteiger partial charge in [0.25, 0.3) is 0 Å². The third-order valence-electron chi connectivity index (χ3n) is 2.35. The summed E-state index contributed by atoms with van der Waals surface area (Å²) in [5.41, 5.74) is 8.12. The molecule has 1 nitrogen and oxygen atoms in total. The zero-order valence-corrected chi connectivity index (χ0v) is 8.12. The SMILES string of the molecule is C#Cc1cc(N)c2cccc(C#C)c2c1. The summed E-state index contributed by atoms with van der Waals surface area (Å²) in [7, 11) is 0. The normalized spacial score (nSPS) is 9.47. The lowest BCUT2D eigenvalue weighted by atomic mass is 10.0. The van der Waals surface area contributed by atoms with Crippen LogP contribution in [0.3, 0.4) is 0 Å². The van der Waals surface area contributed by atoms with Gasteiger partial charge in [0, 0.05) is 27.6 Å². The van der Waals surface area contributed by atoms with Crippen LogP contribution in [0.4, 0.5) is 5.69 Å². The van der Waals surface area contributed by atoms with Crippen LogP contribution in [0.1, 0.15) is 11.1 Å². The van der Waals surface area contributed by atoms with Crippen LogP contribution in [-0.4, -0.2) is 0 Å². The zero-order valence-electron chi connectivity index (χ0n) is 8.12. The molecule has 0 spiro atoms. The quantitative estimate of drug-likeness (QED) is 0.502. The number of fused-ring (bicyclic) bond motifs is 1. The summed E-state index contributed by atoms with van der Waals surface area (Å²) in [5.74, 6) is 5.19. The van der Waals surface area contributed by atoms with Gasteiger partial charge >= 0.3 is 0 Å². The summed E-state index contributed by atoms with van der Waals surface area (Å²) in [6, 6.07) is 9.38. The maximum absolute atomic E-state index is 5.89. The third-order valence-corrected chi connectivity index (χ3v) is 2.35. The van der Waals surface area contributed by atoms with Gasteiger partial charge < -0.3 is 5.73 Å². The number of anilines is 1. The second-order valence-electron chi connectivity index (χ2n) is 3.25. The van der Waals surface area contributed by atoms with Crippen molar-refractivity contribution < 1.29 is 0 Å². The van der Waals surface area contributed by atoms with Crippen molar-refractivity contribution in [3.8, 4) is 24.7 Å². The first kappa shape index (κ1) is 9.19. The molecule has 0 heterocycles. The molecule has 0 amide bonds. The van der Waals surface area contributed by atoms with Gasteiger partial charge in [-0.25, -0.2) is 0 Å². The van der Waals surface area contributed by atoms with Gasteiger partial charge in [-0.2, -0.15) is 0 Å². The average molecular weight is 191 g/mol. The molecule has 0 radical (unpaired) electrons. The lowest BCUT2D eigenvalue weighted by molar-refractivity contribution is 1.66. The molecule has 70 valence electrons. The minimum atomic E-state index is 0.664. The maximum Gasteiger partial charge on any atom is 0.0406 e. The van der Waals surface area contributed by atoms with E-state index < -0.39 is 0 Å². The van der Waals surface area contributed by atoms with E-state index in [1.54, 1.807) is 6.07 Å². The molecular weight excluding hydrogens is 182 g/mol. The van der Waals surface area contributed by atoms with Crippen LogP contribution in [0.2, 0.25) is 0 Å². The van der Waals surface area contributed by atoms with E-state index in [0.717, 1.165) is 21.9 Å². The van der Waals surface area contributed by atoms with Gasteiger partial charge in [-0.1, -0.05) is 24.0 Å². The van der Waals surface area contributed by atoms with Crippen LogP contribution in [0.5, 0.6) is 0 Å². The van der Waals surface area contributed by atoms with E-state index in [9.17, 15) is 0 Å². The van der Waals surface area contributed by atoms with Crippen molar-refractivity contribution in [1.82, 2.24) is 0 Å². The van der Waals surface area contributed by atoms with E-state index in [0.29, 0.717) is 5.69 Å². The summed E-state index contributed by atoms with van der Waals surface area (Å²) < 4.78 is 0. The number of benzene rings is 2. The van der Waals surface area contributed by atoms with Crippen molar-refractivity contribution in [1.29, 1.82) is 0 Å². The van der Waals surface area contributed by atoms with Crippen molar-refractivity contribution in [2.45, 2.75) is 0 Å². The summed E-state index contributed by atoms with van der Waals surface area (Å²) >= 11 is 0. The van der Waals surface area contributed by atoms with Gasteiger partial charge in [0.1, 0.15) is 0 Å². The largest absolute Gasteiger partial charge is 0.398 e. The Morgan fingerprint density at radius 3 is 2.47 bits per heavy atom. The molecule has 0 aliphatic heterocycles. The van der Waals surface area contributed by atoms with Crippen LogP contribution in [0, 0.1) is 24.7 Å². The molecule has 0 saturated carbocycles. The molecule has 0 aromatic heterocycles. The Morgan fingerprint density at radius 1 is 1.00 bits per heavy atom. The van der Waals surface area contributed by atoms with Gasteiger partial charge in [-0.15, -0.1) is 12.8 Å². The van der Waals surface area contributed by atoms with E-state index in [-0.39, 0.29) is 0 Å². The molecule has 1 heteroatoms. The number of hydrogen-bond donors (Lipinski definition) is 1.